The largest absolute Gasteiger partial charge is 0.382 e. The third kappa shape index (κ3) is 5.72. The zero-order valence-corrected chi connectivity index (χ0v) is 14.6. The number of carbonyl (C=O) groups is 2. The molecule has 0 heterocycles. The van der Waals surface area contributed by atoms with Crippen LogP contribution in [0.4, 0.5) is 0 Å². The molecule has 0 aliphatic carbocycles. The van der Waals surface area contributed by atoms with Crippen LogP contribution in [0.2, 0.25) is 0 Å². The summed E-state index contributed by atoms with van der Waals surface area (Å²) >= 11 is 0. The summed E-state index contributed by atoms with van der Waals surface area (Å²) in [5.41, 5.74) is 1.97. The molecule has 5 nitrogen and oxygen atoms in total. The van der Waals surface area contributed by atoms with Crippen LogP contribution in [-0.4, -0.2) is 36.5 Å². The first-order valence-electron chi connectivity index (χ1n) is 8.23. The molecular weight excluding hydrogens is 316 g/mol. The number of nitrogens with one attached hydrogen (secondary N) is 1. The molecule has 0 aromatic heterocycles. The van der Waals surface area contributed by atoms with Crippen LogP contribution in [0.1, 0.15) is 18.1 Å². The molecule has 5 heteroatoms. The van der Waals surface area contributed by atoms with Gasteiger partial charge in [-0.2, -0.15) is 0 Å². The molecule has 1 N–H and O–H groups in total. The highest BCUT2D eigenvalue weighted by Gasteiger charge is 2.28. The summed E-state index contributed by atoms with van der Waals surface area (Å²) in [6.45, 7) is 2.39. The number of nitrogens with zero attached hydrogens (tertiary/aromatic N) is 1. The number of carbonyl (C=O) groups excluding carboxylic acids is 2. The molecule has 2 aromatic rings. The van der Waals surface area contributed by atoms with Crippen LogP contribution in [0.15, 0.2) is 60.7 Å². The van der Waals surface area contributed by atoms with E-state index in [9.17, 15) is 9.59 Å². The van der Waals surface area contributed by atoms with Crippen LogP contribution in [-0.2, 0) is 27.4 Å². The Morgan fingerprint density at radius 3 is 2.08 bits per heavy atom. The highest BCUT2D eigenvalue weighted by atomic mass is 16.5. The predicted molar refractivity (Wildman–Crippen MR) is 96.6 cm³/mol. The van der Waals surface area contributed by atoms with Crippen molar-refractivity contribution in [2.24, 2.45) is 0 Å². The molecule has 2 rings (SSSR count). The van der Waals surface area contributed by atoms with Gasteiger partial charge in [-0.05, 0) is 11.1 Å². The molecule has 0 saturated carbocycles. The van der Waals surface area contributed by atoms with Gasteiger partial charge < -0.3 is 15.0 Å². The summed E-state index contributed by atoms with van der Waals surface area (Å²) in [6, 6.07) is 18.6. The van der Waals surface area contributed by atoms with Crippen molar-refractivity contribution in [3.05, 3.63) is 71.8 Å². The summed E-state index contributed by atoms with van der Waals surface area (Å²) in [6.07, 6.45) is 0. The van der Waals surface area contributed by atoms with Crippen molar-refractivity contribution in [3.63, 3.8) is 0 Å². The third-order valence-electron chi connectivity index (χ3n) is 3.91. The first-order chi connectivity index (χ1) is 12.1. The number of ether oxygens (including phenoxy) is 1. The summed E-state index contributed by atoms with van der Waals surface area (Å²) in [5, 5.41) is 2.89. The van der Waals surface area contributed by atoms with E-state index >= 15 is 0 Å². The number of amides is 2. The molecule has 0 aliphatic rings. The Bertz CT molecular complexity index is 674. The second-order valence-corrected chi connectivity index (χ2v) is 5.81. The SMILES string of the molecule is COC[C@H](C(=O)NCc1ccccc1)N(Cc1ccccc1)C(C)=O. The lowest BCUT2D eigenvalue weighted by atomic mass is 10.1. The van der Waals surface area contributed by atoms with Gasteiger partial charge in [-0.1, -0.05) is 60.7 Å². The molecule has 2 aromatic carbocycles. The molecule has 132 valence electrons. The maximum atomic E-state index is 12.7. The standard InChI is InChI=1S/C20H24N2O3/c1-16(23)22(14-18-11-7-4-8-12-18)19(15-25-2)20(24)21-13-17-9-5-3-6-10-17/h3-12,19H,13-15H2,1-2H3,(H,21,24)/t19-/m1/s1. The fourth-order valence-electron chi connectivity index (χ4n) is 2.59. The fraction of sp³-hybridized carbons (Fsp3) is 0.300. The van der Waals surface area contributed by atoms with E-state index in [4.69, 9.17) is 4.74 Å². The number of rotatable bonds is 8. The van der Waals surface area contributed by atoms with Crippen molar-refractivity contribution < 1.29 is 14.3 Å². The van der Waals surface area contributed by atoms with E-state index in [-0.39, 0.29) is 18.4 Å². The van der Waals surface area contributed by atoms with Crippen LogP contribution in [0, 0.1) is 0 Å². The normalized spacial score (nSPS) is 11.6. The minimum atomic E-state index is -0.675. The minimum Gasteiger partial charge on any atom is -0.382 e. The van der Waals surface area contributed by atoms with Gasteiger partial charge >= 0.3 is 0 Å². The molecule has 0 radical (unpaired) electrons. The molecule has 1 atom stereocenters. The van der Waals surface area contributed by atoms with E-state index in [1.165, 1.54) is 14.0 Å². The van der Waals surface area contributed by atoms with Gasteiger partial charge in [-0.15, -0.1) is 0 Å². The molecule has 2 amide bonds. The number of hydrogen-bond acceptors (Lipinski definition) is 3. The van der Waals surface area contributed by atoms with Crippen LogP contribution in [0.5, 0.6) is 0 Å². The van der Waals surface area contributed by atoms with Gasteiger partial charge in [0.25, 0.3) is 0 Å². The van der Waals surface area contributed by atoms with E-state index in [0.717, 1.165) is 11.1 Å². The van der Waals surface area contributed by atoms with Gasteiger partial charge in [0.1, 0.15) is 6.04 Å². The molecule has 0 unspecified atom stereocenters. The maximum absolute atomic E-state index is 12.7. The van der Waals surface area contributed by atoms with Gasteiger partial charge in [0.2, 0.25) is 11.8 Å². The minimum absolute atomic E-state index is 0.146. The average Bonchev–Trinajstić information content (AvgIpc) is 2.64. The lowest BCUT2D eigenvalue weighted by Crippen LogP contribution is -2.50. The zero-order valence-electron chi connectivity index (χ0n) is 14.6. The Balaban J connectivity index is 2.09. The Morgan fingerprint density at radius 2 is 1.56 bits per heavy atom. The van der Waals surface area contributed by atoms with Crippen LogP contribution >= 0.6 is 0 Å². The first-order valence-corrected chi connectivity index (χ1v) is 8.23. The van der Waals surface area contributed by atoms with Gasteiger partial charge in [0.15, 0.2) is 0 Å². The zero-order chi connectivity index (χ0) is 18.1. The third-order valence-corrected chi connectivity index (χ3v) is 3.91. The van der Waals surface area contributed by atoms with Crippen LogP contribution in [0.25, 0.3) is 0 Å². The summed E-state index contributed by atoms with van der Waals surface area (Å²) in [4.78, 5) is 26.3. The molecular formula is C20H24N2O3. The molecule has 0 saturated heterocycles. The van der Waals surface area contributed by atoms with Gasteiger partial charge in [0.05, 0.1) is 6.61 Å². The Labute approximate surface area is 148 Å². The molecule has 25 heavy (non-hydrogen) atoms. The quantitative estimate of drug-likeness (QED) is 0.803. The lowest BCUT2D eigenvalue weighted by molar-refractivity contribution is -0.141. The number of methoxy groups -OCH3 is 1. The van der Waals surface area contributed by atoms with Crippen molar-refractivity contribution >= 4 is 11.8 Å². The maximum Gasteiger partial charge on any atom is 0.245 e. The van der Waals surface area contributed by atoms with E-state index in [2.05, 4.69) is 5.32 Å². The van der Waals surface area contributed by atoms with Crippen molar-refractivity contribution in [1.82, 2.24) is 10.2 Å². The molecule has 0 bridgehead atoms. The molecule has 0 fully saturated rings. The summed E-state index contributed by atoms with van der Waals surface area (Å²) in [5.74, 6) is -0.391. The van der Waals surface area contributed by atoms with Gasteiger partial charge in [0, 0.05) is 27.1 Å². The van der Waals surface area contributed by atoms with Gasteiger partial charge in [-0.25, -0.2) is 0 Å². The number of benzene rings is 2. The topological polar surface area (TPSA) is 58.6 Å². The molecule has 0 aliphatic heterocycles. The predicted octanol–water partition coefficient (Wildman–Crippen LogP) is 2.37. The average molecular weight is 340 g/mol. The highest BCUT2D eigenvalue weighted by molar-refractivity contribution is 5.87. The van der Waals surface area contributed by atoms with Crippen LogP contribution < -0.4 is 5.32 Å². The summed E-state index contributed by atoms with van der Waals surface area (Å²) < 4.78 is 5.19. The summed E-state index contributed by atoms with van der Waals surface area (Å²) in [7, 11) is 1.53. The lowest BCUT2D eigenvalue weighted by Gasteiger charge is -2.29. The Morgan fingerprint density at radius 1 is 1.00 bits per heavy atom. The van der Waals surface area contributed by atoms with E-state index in [1.54, 1.807) is 4.90 Å². The van der Waals surface area contributed by atoms with Crippen molar-refractivity contribution in [2.45, 2.75) is 26.1 Å². The van der Waals surface area contributed by atoms with Crippen molar-refractivity contribution in [3.8, 4) is 0 Å². The molecule has 0 spiro atoms. The van der Waals surface area contributed by atoms with Crippen LogP contribution in [0.3, 0.4) is 0 Å². The van der Waals surface area contributed by atoms with E-state index in [0.29, 0.717) is 13.1 Å². The Hall–Kier alpha value is -2.66. The van der Waals surface area contributed by atoms with Crippen molar-refractivity contribution in [1.29, 1.82) is 0 Å². The smallest absolute Gasteiger partial charge is 0.245 e. The number of hydrogen-bond donors (Lipinski definition) is 1. The van der Waals surface area contributed by atoms with Crippen molar-refractivity contribution in [2.75, 3.05) is 13.7 Å². The van der Waals surface area contributed by atoms with Gasteiger partial charge in [-0.3, -0.25) is 9.59 Å². The highest BCUT2D eigenvalue weighted by Crippen LogP contribution is 2.10. The second kappa shape index (κ2) is 9.59. The Kier molecular flexibility index (Phi) is 7.16. The first kappa shape index (κ1) is 18.7. The fourth-order valence-corrected chi connectivity index (χ4v) is 2.59. The van der Waals surface area contributed by atoms with E-state index < -0.39 is 6.04 Å². The second-order valence-electron chi connectivity index (χ2n) is 5.81. The monoisotopic (exact) mass is 340 g/mol. The van der Waals surface area contributed by atoms with E-state index in [1.807, 2.05) is 60.7 Å².